The number of nitrogens with zero attached hydrogens (tertiary/aromatic N) is 2. The monoisotopic (exact) mass is 371 g/mol. The number of rotatable bonds is 7. The third-order valence-corrected chi connectivity index (χ3v) is 3.53. The van der Waals surface area contributed by atoms with Gasteiger partial charge in [-0.15, -0.1) is 0 Å². The molecule has 0 atom stereocenters. The molecule has 0 fully saturated rings. The molecular weight excluding hydrogens is 345 g/mol. The van der Waals surface area contributed by atoms with Crippen LogP contribution in [0.3, 0.4) is 0 Å². The highest BCUT2D eigenvalue weighted by Crippen LogP contribution is 2.14. The maximum Gasteiger partial charge on any atom is 0.290 e. The molecular formula is C21H26FN3O2. The zero-order valence-corrected chi connectivity index (χ0v) is 15.8. The fourth-order valence-electron chi connectivity index (χ4n) is 2.24. The zero-order chi connectivity index (χ0) is 20.7. The Morgan fingerprint density at radius 1 is 1.37 bits per heavy atom. The van der Waals surface area contributed by atoms with E-state index in [-0.39, 0.29) is 12.0 Å². The first-order valence-corrected chi connectivity index (χ1v) is 8.59. The summed E-state index contributed by atoms with van der Waals surface area (Å²) in [5.41, 5.74) is 8.04. The minimum absolute atomic E-state index is 0.250. The van der Waals surface area contributed by atoms with Crippen molar-refractivity contribution in [2.24, 2.45) is 5.73 Å². The Balaban J connectivity index is 0.00000210. The molecule has 0 aliphatic heterocycles. The first-order chi connectivity index (χ1) is 13.0. The van der Waals surface area contributed by atoms with Gasteiger partial charge in [0, 0.05) is 24.4 Å². The van der Waals surface area contributed by atoms with Gasteiger partial charge in [-0.05, 0) is 37.5 Å². The minimum Gasteiger partial charge on any atom is -0.483 e. The molecule has 1 rings (SSSR count). The van der Waals surface area contributed by atoms with Gasteiger partial charge in [-0.1, -0.05) is 38.3 Å². The van der Waals surface area contributed by atoms with E-state index in [1.54, 1.807) is 6.07 Å². The Kier molecular flexibility index (Phi) is 12.5. The van der Waals surface area contributed by atoms with E-state index in [4.69, 9.17) is 20.9 Å². The lowest BCUT2D eigenvalue weighted by Gasteiger charge is -2.25. The highest BCUT2D eigenvalue weighted by atomic mass is 19.1. The van der Waals surface area contributed by atoms with E-state index in [0.717, 1.165) is 37.2 Å². The summed E-state index contributed by atoms with van der Waals surface area (Å²) in [5, 5.41) is 15.8. The van der Waals surface area contributed by atoms with Gasteiger partial charge < -0.3 is 15.7 Å². The molecule has 6 heteroatoms. The molecule has 1 aromatic carbocycles. The molecule has 27 heavy (non-hydrogen) atoms. The molecule has 0 aliphatic rings. The maximum absolute atomic E-state index is 13.5. The summed E-state index contributed by atoms with van der Waals surface area (Å²) in [5.74, 6) is 5.51. The van der Waals surface area contributed by atoms with Gasteiger partial charge in [0.05, 0.1) is 17.3 Å². The van der Waals surface area contributed by atoms with Gasteiger partial charge in [0.25, 0.3) is 6.47 Å². The number of allylic oxidation sites excluding steroid dienone is 2. The van der Waals surface area contributed by atoms with Gasteiger partial charge in [0.1, 0.15) is 5.82 Å². The summed E-state index contributed by atoms with van der Waals surface area (Å²) in [6.07, 6.45) is 5.16. The smallest absolute Gasteiger partial charge is 0.290 e. The summed E-state index contributed by atoms with van der Waals surface area (Å²) in [6.45, 7) is 8.95. The van der Waals surface area contributed by atoms with Crippen LogP contribution in [0.1, 0.15) is 44.2 Å². The number of hydrogen-bond donors (Lipinski definition) is 2. The molecule has 0 heterocycles. The number of nitriles is 1. The van der Waals surface area contributed by atoms with Gasteiger partial charge in [-0.2, -0.15) is 5.26 Å². The number of unbranched alkanes of at least 4 members (excludes halogenated alkanes) is 2. The first-order valence-electron chi connectivity index (χ1n) is 8.59. The number of halogens is 1. The van der Waals surface area contributed by atoms with E-state index in [2.05, 4.69) is 25.3 Å². The van der Waals surface area contributed by atoms with Crippen molar-refractivity contribution in [1.29, 1.82) is 5.26 Å². The fourth-order valence-corrected chi connectivity index (χ4v) is 2.24. The van der Waals surface area contributed by atoms with Crippen LogP contribution in [0.4, 0.5) is 4.39 Å². The number of carbonyl (C=O) groups is 1. The van der Waals surface area contributed by atoms with E-state index < -0.39 is 5.82 Å². The molecule has 0 unspecified atom stereocenters. The zero-order valence-electron chi connectivity index (χ0n) is 15.8. The molecule has 0 saturated heterocycles. The Bertz CT molecular complexity index is 755. The van der Waals surface area contributed by atoms with E-state index in [9.17, 15) is 4.39 Å². The first kappa shape index (κ1) is 23.9. The summed E-state index contributed by atoms with van der Waals surface area (Å²) < 4.78 is 13.5. The van der Waals surface area contributed by atoms with Crippen LogP contribution in [-0.4, -0.2) is 29.6 Å². The normalized spacial score (nSPS) is 9.81. The van der Waals surface area contributed by atoms with Crippen molar-refractivity contribution in [1.82, 2.24) is 4.90 Å². The van der Waals surface area contributed by atoms with Gasteiger partial charge in [0.15, 0.2) is 0 Å². The fraction of sp³-hybridized carbons (Fsp3) is 0.333. The van der Waals surface area contributed by atoms with Gasteiger partial charge in [-0.25, -0.2) is 4.39 Å². The molecule has 0 radical (unpaired) electrons. The Morgan fingerprint density at radius 2 is 2.00 bits per heavy atom. The number of carboxylic acid groups (broad SMARTS) is 1. The predicted octanol–water partition coefficient (Wildman–Crippen LogP) is 3.62. The summed E-state index contributed by atoms with van der Waals surface area (Å²) >= 11 is 0. The lowest BCUT2D eigenvalue weighted by molar-refractivity contribution is -0.122. The molecule has 144 valence electrons. The van der Waals surface area contributed by atoms with Gasteiger partial charge in [0.2, 0.25) is 0 Å². The van der Waals surface area contributed by atoms with Crippen LogP contribution in [0, 0.1) is 29.0 Å². The molecule has 5 nitrogen and oxygen atoms in total. The minimum atomic E-state index is -0.466. The van der Waals surface area contributed by atoms with Crippen LogP contribution < -0.4 is 5.73 Å². The van der Waals surface area contributed by atoms with Crippen molar-refractivity contribution in [2.45, 2.75) is 33.1 Å². The lowest BCUT2D eigenvalue weighted by Crippen LogP contribution is -2.27. The van der Waals surface area contributed by atoms with Crippen LogP contribution in [0.5, 0.6) is 0 Å². The second-order valence-electron chi connectivity index (χ2n) is 5.50. The van der Waals surface area contributed by atoms with Gasteiger partial charge >= 0.3 is 0 Å². The predicted molar refractivity (Wildman–Crippen MR) is 105 cm³/mol. The van der Waals surface area contributed by atoms with E-state index >= 15 is 0 Å². The molecule has 0 amide bonds. The van der Waals surface area contributed by atoms with Crippen molar-refractivity contribution >= 4 is 6.47 Å². The molecule has 0 saturated carbocycles. The maximum atomic E-state index is 13.5. The third kappa shape index (κ3) is 9.25. The summed E-state index contributed by atoms with van der Waals surface area (Å²) in [4.78, 5) is 10.4. The van der Waals surface area contributed by atoms with Crippen LogP contribution in [0.25, 0.3) is 0 Å². The van der Waals surface area contributed by atoms with Crippen LogP contribution in [0.15, 0.2) is 42.2 Å². The SMILES string of the molecule is C=C(CN)N(CCCCC)/C(C#Cc1cc(F)cc(C#N)c1)=C\C.O=CO. The second kappa shape index (κ2) is 14.1. The summed E-state index contributed by atoms with van der Waals surface area (Å²) in [7, 11) is 0. The third-order valence-electron chi connectivity index (χ3n) is 3.53. The largest absolute Gasteiger partial charge is 0.483 e. The lowest BCUT2D eigenvalue weighted by atomic mass is 10.1. The average molecular weight is 371 g/mol. The Hall–Kier alpha value is -3.09. The number of nitrogens with two attached hydrogens (primary N) is 1. The molecule has 0 aromatic heterocycles. The van der Waals surface area contributed by atoms with Crippen molar-refractivity contribution in [3.8, 4) is 17.9 Å². The standard InChI is InChI=1S/C20H24FN3.CH2O2/c1-4-6-7-10-24(16(3)14-22)20(5-2)9-8-17-11-18(15-23)13-19(21)12-17;2-1-3/h5,11-13H,3-4,6-7,10,14,22H2,1-2H3;1H,(H,2,3)/b20-5-;. The van der Waals surface area contributed by atoms with Crippen molar-refractivity contribution in [3.05, 3.63) is 59.2 Å². The van der Waals surface area contributed by atoms with E-state index in [0.29, 0.717) is 12.1 Å². The molecule has 0 aliphatic carbocycles. The van der Waals surface area contributed by atoms with E-state index in [1.165, 1.54) is 12.1 Å². The molecule has 0 spiro atoms. The Morgan fingerprint density at radius 3 is 2.52 bits per heavy atom. The van der Waals surface area contributed by atoms with Crippen LogP contribution in [0.2, 0.25) is 0 Å². The number of benzene rings is 1. The highest BCUT2D eigenvalue weighted by Gasteiger charge is 2.09. The second-order valence-corrected chi connectivity index (χ2v) is 5.50. The van der Waals surface area contributed by atoms with Gasteiger partial charge in [-0.3, -0.25) is 4.79 Å². The topological polar surface area (TPSA) is 90.4 Å². The van der Waals surface area contributed by atoms with Crippen molar-refractivity contribution < 1.29 is 14.3 Å². The average Bonchev–Trinajstić information content (AvgIpc) is 2.66. The van der Waals surface area contributed by atoms with Crippen LogP contribution in [-0.2, 0) is 4.79 Å². The number of hydrogen-bond acceptors (Lipinski definition) is 4. The van der Waals surface area contributed by atoms with Crippen molar-refractivity contribution in [3.63, 3.8) is 0 Å². The Labute approximate surface area is 160 Å². The quantitative estimate of drug-likeness (QED) is 0.434. The highest BCUT2D eigenvalue weighted by molar-refractivity contribution is 5.45. The van der Waals surface area contributed by atoms with Crippen LogP contribution >= 0.6 is 0 Å². The molecule has 3 N–H and O–H groups in total. The van der Waals surface area contributed by atoms with E-state index in [1.807, 2.05) is 24.0 Å². The summed E-state index contributed by atoms with van der Waals surface area (Å²) in [6, 6.07) is 6.01. The van der Waals surface area contributed by atoms with Crippen molar-refractivity contribution in [2.75, 3.05) is 13.1 Å². The molecule has 0 bridgehead atoms. The molecule has 1 aromatic rings.